The largest absolute Gasteiger partial charge is 0.481 e. The van der Waals surface area contributed by atoms with Crippen LogP contribution in [0.5, 0.6) is 5.75 Å². The van der Waals surface area contributed by atoms with Crippen LogP contribution in [0.2, 0.25) is 0 Å². The molecule has 0 bridgehead atoms. The summed E-state index contributed by atoms with van der Waals surface area (Å²) in [6, 6.07) is 18.0. The first-order valence-corrected chi connectivity index (χ1v) is 8.16. The number of ether oxygens (including phenoxy) is 1. The van der Waals surface area contributed by atoms with E-state index in [2.05, 4.69) is 24.4 Å². The van der Waals surface area contributed by atoms with Crippen LogP contribution in [-0.2, 0) is 4.79 Å². The molecule has 2 aromatic rings. The van der Waals surface area contributed by atoms with Gasteiger partial charge >= 0.3 is 0 Å². The van der Waals surface area contributed by atoms with Gasteiger partial charge < -0.3 is 10.1 Å². The van der Waals surface area contributed by atoms with Crippen molar-refractivity contribution >= 4 is 5.91 Å². The molecule has 0 saturated carbocycles. The number of rotatable bonds is 7. The van der Waals surface area contributed by atoms with Crippen LogP contribution >= 0.6 is 0 Å². The van der Waals surface area contributed by atoms with Crippen LogP contribution in [0, 0.1) is 6.92 Å². The molecular formula is C20H25NO2. The van der Waals surface area contributed by atoms with E-state index in [0.717, 1.165) is 11.3 Å². The van der Waals surface area contributed by atoms with Gasteiger partial charge in [-0.05, 0) is 42.5 Å². The second-order valence-electron chi connectivity index (χ2n) is 5.89. The third kappa shape index (κ3) is 5.13. The van der Waals surface area contributed by atoms with Crippen LogP contribution in [0.15, 0.2) is 54.6 Å². The minimum atomic E-state index is -0.459. The Balaban J connectivity index is 1.90. The minimum absolute atomic E-state index is 0.0585. The quantitative estimate of drug-likeness (QED) is 0.837. The van der Waals surface area contributed by atoms with E-state index in [0.29, 0.717) is 13.0 Å². The van der Waals surface area contributed by atoms with Gasteiger partial charge in [-0.25, -0.2) is 0 Å². The predicted octanol–water partition coefficient (Wildman–Crippen LogP) is 4.07. The number of carbonyl (C=O) groups excluding carboxylic acids is 1. The molecule has 0 unspecified atom stereocenters. The fourth-order valence-electron chi connectivity index (χ4n) is 2.44. The molecule has 122 valence electrons. The molecule has 3 nitrogen and oxygen atoms in total. The van der Waals surface area contributed by atoms with Crippen LogP contribution < -0.4 is 10.1 Å². The molecule has 2 atom stereocenters. The summed E-state index contributed by atoms with van der Waals surface area (Å²) in [6.07, 6.45) is 0.180. The Bertz CT molecular complexity index is 625. The number of carbonyl (C=O) groups is 1. The zero-order chi connectivity index (χ0) is 16.7. The minimum Gasteiger partial charge on any atom is -0.481 e. The van der Waals surface area contributed by atoms with Crippen molar-refractivity contribution in [3.63, 3.8) is 0 Å². The Hall–Kier alpha value is -2.29. The summed E-state index contributed by atoms with van der Waals surface area (Å²) in [5, 5.41) is 3.00. The van der Waals surface area contributed by atoms with E-state index in [1.165, 1.54) is 5.56 Å². The summed E-state index contributed by atoms with van der Waals surface area (Å²) in [5.41, 5.74) is 2.34. The summed E-state index contributed by atoms with van der Waals surface area (Å²) in [7, 11) is 0. The average molecular weight is 311 g/mol. The van der Waals surface area contributed by atoms with Gasteiger partial charge in [-0.3, -0.25) is 4.79 Å². The molecule has 0 aliphatic carbocycles. The van der Waals surface area contributed by atoms with Crippen LogP contribution in [0.25, 0.3) is 0 Å². The maximum Gasteiger partial charge on any atom is 0.261 e. The van der Waals surface area contributed by atoms with E-state index in [1.807, 2.05) is 56.3 Å². The highest BCUT2D eigenvalue weighted by Crippen LogP contribution is 2.16. The molecule has 0 heterocycles. The average Bonchev–Trinajstić information content (AvgIpc) is 2.58. The fourth-order valence-corrected chi connectivity index (χ4v) is 2.44. The monoisotopic (exact) mass is 311 g/mol. The fraction of sp³-hybridized carbons (Fsp3) is 0.350. The third-order valence-corrected chi connectivity index (χ3v) is 3.88. The van der Waals surface area contributed by atoms with Crippen molar-refractivity contribution in [1.82, 2.24) is 5.32 Å². The lowest BCUT2D eigenvalue weighted by atomic mass is 10.0. The first kappa shape index (κ1) is 17.1. The molecule has 0 aliphatic rings. The normalized spacial score (nSPS) is 13.2. The summed E-state index contributed by atoms with van der Waals surface area (Å²) in [4.78, 5) is 12.4. The van der Waals surface area contributed by atoms with Gasteiger partial charge in [0, 0.05) is 6.54 Å². The lowest BCUT2D eigenvalue weighted by molar-refractivity contribution is -0.128. The van der Waals surface area contributed by atoms with Gasteiger partial charge in [0.1, 0.15) is 5.75 Å². The molecule has 0 fully saturated rings. The number of amides is 1. The zero-order valence-corrected chi connectivity index (χ0v) is 14.1. The second kappa shape index (κ2) is 8.37. The smallest absolute Gasteiger partial charge is 0.261 e. The summed E-state index contributed by atoms with van der Waals surface area (Å²) in [6.45, 7) is 6.69. The van der Waals surface area contributed by atoms with E-state index >= 15 is 0 Å². The first-order valence-electron chi connectivity index (χ1n) is 8.16. The summed E-state index contributed by atoms with van der Waals surface area (Å²) in [5.74, 6) is 0.955. The molecule has 1 N–H and O–H groups in total. The Kier molecular flexibility index (Phi) is 6.21. The lowest BCUT2D eigenvalue weighted by Crippen LogP contribution is -2.39. The van der Waals surface area contributed by atoms with Crippen molar-refractivity contribution in [3.05, 3.63) is 65.7 Å². The Morgan fingerprint density at radius 3 is 2.52 bits per heavy atom. The maximum absolute atomic E-state index is 12.4. The zero-order valence-electron chi connectivity index (χ0n) is 14.1. The van der Waals surface area contributed by atoms with Gasteiger partial charge in [0.15, 0.2) is 6.10 Å². The van der Waals surface area contributed by atoms with Gasteiger partial charge in [-0.1, -0.05) is 56.3 Å². The molecule has 0 aliphatic heterocycles. The van der Waals surface area contributed by atoms with Gasteiger partial charge in [0.05, 0.1) is 0 Å². The van der Waals surface area contributed by atoms with Gasteiger partial charge in [-0.2, -0.15) is 0 Å². The van der Waals surface area contributed by atoms with E-state index in [9.17, 15) is 4.79 Å². The number of benzene rings is 2. The van der Waals surface area contributed by atoms with E-state index in [-0.39, 0.29) is 11.8 Å². The molecule has 23 heavy (non-hydrogen) atoms. The molecule has 2 rings (SSSR count). The van der Waals surface area contributed by atoms with Gasteiger partial charge in [-0.15, -0.1) is 0 Å². The first-order chi connectivity index (χ1) is 11.1. The Labute approximate surface area is 138 Å². The number of hydrogen-bond donors (Lipinski definition) is 1. The standard InChI is InChI=1S/C20H25NO2/c1-4-19(23-18-12-8-9-15(2)13-18)20(22)21-14-16(3)17-10-6-5-7-11-17/h5-13,16,19H,4,14H2,1-3H3,(H,21,22)/t16-,19-/m1/s1. The van der Waals surface area contributed by atoms with Crippen molar-refractivity contribution in [2.75, 3.05) is 6.54 Å². The molecule has 1 amide bonds. The van der Waals surface area contributed by atoms with Crippen LogP contribution in [-0.4, -0.2) is 18.6 Å². The maximum atomic E-state index is 12.4. The highest BCUT2D eigenvalue weighted by molar-refractivity contribution is 5.81. The number of hydrogen-bond acceptors (Lipinski definition) is 2. The molecule has 3 heteroatoms. The molecule has 0 spiro atoms. The highest BCUT2D eigenvalue weighted by Gasteiger charge is 2.19. The molecule has 2 aromatic carbocycles. The van der Waals surface area contributed by atoms with Crippen molar-refractivity contribution in [2.24, 2.45) is 0 Å². The Morgan fingerprint density at radius 2 is 1.87 bits per heavy atom. The van der Waals surface area contributed by atoms with E-state index < -0.39 is 6.10 Å². The van der Waals surface area contributed by atoms with Crippen molar-refractivity contribution in [1.29, 1.82) is 0 Å². The van der Waals surface area contributed by atoms with Gasteiger partial charge in [0.2, 0.25) is 0 Å². The Morgan fingerprint density at radius 1 is 1.13 bits per heavy atom. The molecular weight excluding hydrogens is 286 g/mol. The van der Waals surface area contributed by atoms with Gasteiger partial charge in [0.25, 0.3) is 5.91 Å². The topological polar surface area (TPSA) is 38.3 Å². The number of nitrogens with one attached hydrogen (secondary N) is 1. The second-order valence-corrected chi connectivity index (χ2v) is 5.89. The summed E-state index contributed by atoms with van der Waals surface area (Å²) >= 11 is 0. The predicted molar refractivity (Wildman–Crippen MR) is 93.8 cm³/mol. The van der Waals surface area contributed by atoms with Crippen molar-refractivity contribution in [2.45, 2.75) is 39.2 Å². The lowest BCUT2D eigenvalue weighted by Gasteiger charge is -2.19. The summed E-state index contributed by atoms with van der Waals surface area (Å²) < 4.78 is 5.83. The SMILES string of the molecule is CC[C@@H](Oc1cccc(C)c1)C(=O)NC[C@@H](C)c1ccccc1. The van der Waals surface area contributed by atoms with Crippen molar-refractivity contribution < 1.29 is 9.53 Å². The van der Waals surface area contributed by atoms with E-state index in [1.54, 1.807) is 0 Å². The van der Waals surface area contributed by atoms with Crippen LogP contribution in [0.1, 0.15) is 37.3 Å². The molecule has 0 aromatic heterocycles. The molecule has 0 saturated heterocycles. The van der Waals surface area contributed by atoms with Crippen molar-refractivity contribution in [3.8, 4) is 5.75 Å². The van der Waals surface area contributed by atoms with Crippen LogP contribution in [0.4, 0.5) is 0 Å². The van der Waals surface area contributed by atoms with Crippen LogP contribution in [0.3, 0.4) is 0 Å². The third-order valence-electron chi connectivity index (χ3n) is 3.88. The van der Waals surface area contributed by atoms with E-state index in [4.69, 9.17) is 4.74 Å². The highest BCUT2D eigenvalue weighted by atomic mass is 16.5. The number of aryl methyl sites for hydroxylation is 1. The molecule has 0 radical (unpaired) electrons.